The topological polar surface area (TPSA) is 70.2 Å². The first kappa shape index (κ1) is 11.8. The molecule has 0 aliphatic rings. The number of unbranched alkanes of at least 4 members (excludes halogenated alkanes) is 1. The fourth-order valence-corrected chi connectivity index (χ4v) is 2.01. The summed E-state index contributed by atoms with van der Waals surface area (Å²) in [6.07, 6.45) is 9.51. The molecule has 0 fully saturated rings. The van der Waals surface area contributed by atoms with Crippen molar-refractivity contribution >= 4 is 0 Å². The number of aromatic nitrogens is 5. The van der Waals surface area contributed by atoms with Crippen LogP contribution in [0.15, 0.2) is 18.5 Å². The number of nitrogens with one attached hydrogen (secondary N) is 2. The van der Waals surface area contributed by atoms with Crippen LogP contribution < -0.4 is 0 Å². The van der Waals surface area contributed by atoms with Gasteiger partial charge in [0.05, 0.1) is 11.4 Å². The molecule has 0 saturated carbocycles. The molecule has 2 rings (SSSR count). The summed E-state index contributed by atoms with van der Waals surface area (Å²) in [6.45, 7) is 2.27. The third-order valence-corrected chi connectivity index (χ3v) is 2.96. The zero-order valence-corrected chi connectivity index (χ0v) is 10.2. The minimum absolute atomic E-state index is 0.666. The maximum atomic E-state index is 4.15. The maximum absolute atomic E-state index is 4.15. The number of hydrogen-bond donors (Lipinski definition) is 2. The molecule has 2 aromatic rings. The van der Waals surface area contributed by atoms with Crippen molar-refractivity contribution in [3.8, 4) is 0 Å². The molecule has 0 aliphatic heterocycles. The molecular formula is C12H19N5. The van der Waals surface area contributed by atoms with Crippen molar-refractivity contribution in [2.75, 3.05) is 0 Å². The van der Waals surface area contributed by atoms with Crippen LogP contribution in [0.4, 0.5) is 0 Å². The van der Waals surface area contributed by atoms with Crippen LogP contribution in [0.25, 0.3) is 0 Å². The van der Waals surface area contributed by atoms with Gasteiger partial charge in [-0.1, -0.05) is 25.0 Å². The van der Waals surface area contributed by atoms with E-state index in [2.05, 4.69) is 32.5 Å². The van der Waals surface area contributed by atoms with Gasteiger partial charge in [-0.05, 0) is 31.2 Å². The summed E-state index contributed by atoms with van der Waals surface area (Å²) in [7, 11) is 0. The van der Waals surface area contributed by atoms with Crippen LogP contribution in [0.1, 0.15) is 37.6 Å². The van der Waals surface area contributed by atoms with E-state index in [9.17, 15) is 0 Å². The highest BCUT2D eigenvalue weighted by Gasteiger charge is 2.05. The van der Waals surface area contributed by atoms with Gasteiger partial charge in [0.1, 0.15) is 0 Å². The summed E-state index contributed by atoms with van der Waals surface area (Å²) in [5.74, 6) is 0.666. The monoisotopic (exact) mass is 233 g/mol. The SMILES string of the molecule is CC(CCCCc1cc[nH]n1)Cc1c[nH]nn1. The summed E-state index contributed by atoms with van der Waals surface area (Å²) < 4.78 is 0. The van der Waals surface area contributed by atoms with Crippen LogP contribution in [-0.4, -0.2) is 25.6 Å². The Morgan fingerprint density at radius 1 is 1.24 bits per heavy atom. The predicted octanol–water partition coefficient (Wildman–Crippen LogP) is 2.12. The van der Waals surface area contributed by atoms with Gasteiger partial charge in [0.2, 0.25) is 0 Å². The van der Waals surface area contributed by atoms with Crippen LogP contribution in [-0.2, 0) is 12.8 Å². The van der Waals surface area contributed by atoms with Crippen LogP contribution in [0.3, 0.4) is 0 Å². The number of rotatable bonds is 7. The Bertz CT molecular complexity index is 392. The molecule has 0 aliphatic carbocycles. The third-order valence-electron chi connectivity index (χ3n) is 2.96. The van der Waals surface area contributed by atoms with Crippen molar-refractivity contribution in [1.82, 2.24) is 25.6 Å². The number of nitrogens with zero attached hydrogens (tertiary/aromatic N) is 3. The first-order valence-electron chi connectivity index (χ1n) is 6.18. The summed E-state index contributed by atoms with van der Waals surface area (Å²) >= 11 is 0. The molecule has 0 spiro atoms. The Hall–Kier alpha value is -1.65. The van der Waals surface area contributed by atoms with E-state index in [0.717, 1.165) is 24.2 Å². The molecule has 1 unspecified atom stereocenters. The molecule has 0 bridgehead atoms. The highest BCUT2D eigenvalue weighted by atomic mass is 15.3. The van der Waals surface area contributed by atoms with Gasteiger partial charge in [-0.2, -0.15) is 5.10 Å². The molecule has 5 nitrogen and oxygen atoms in total. The van der Waals surface area contributed by atoms with Gasteiger partial charge in [-0.3, -0.25) is 10.2 Å². The fraction of sp³-hybridized carbons (Fsp3) is 0.583. The summed E-state index contributed by atoms with van der Waals surface area (Å²) in [5, 5.41) is 17.5. The van der Waals surface area contributed by atoms with Crippen molar-refractivity contribution in [3.63, 3.8) is 0 Å². The van der Waals surface area contributed by atoms with Crippen molar-refractivity contribution in [1.29, 1.82) is 0 Å². The normalized spacial score (nSPS) is 12.8. The Labute approximate surface area is 101 Å². The molecule has 0 saturated heterocycles. The van der Waals surface area contributed by atoms with Crippen molar-refractivity contribution in [2.24, 2.45) is 5.92 Å². The van der Waals surface area contributed by atoms with E-state index in [0.29, 0.717) is 5.92 Å². The second kappa shape index (κ2) is 6.18. The second-order valence-corrected chi connectivity index (χ2v) is 4.59. The molecule has 0 radical (unpaired) electrons. The minimum Gasteiger partial charge on any atom is -0.285 e. The summed E-state index contributed by atoms with van der Waals surface area (Å²) in [4.78, 5) is 0. The lowest BCUT2D eigenvalue weighted by Gasteiger charge is -2.08. The van der Waals surface area contributed by atoms with Gasteiger partial charge in [0, 0.05) is 12.4 Å². The third kappa shape index (κ3) is 4.01. The van der Waals surface area contributed by atoms with Crippen molar-refractivity contribution in [3.05, 3.63) is 29.8 Å². The van der Waals surface area contributed by atoms with E-state index < -0.39 is 0 Å². The summed E-state index contributed by atoms with van der Waals surface area (Å²) in [6, 6.07) is 2.04. The maximum Gasteiger partial charge on any atom is 0.0827 e. The molecule has 92 valence electrons. The number of aromatic amines is 2. The largest absolute Gasteiger partial charge is 0.285 e. The predicted molar refractivity (Wildman–Crippen MR) is 65.4 cm³/mol. The van der Waals surface area contributed by atoms with Crippen molar-refractivity contribution in [2.45, 2.75) is 39.0 Å². The molecule has 5 heteroatoms. The van der Waals surface area contributed by atoms with Crippen LogP contribution in [0.2, 0.25) is 0 Å². The van der Waals surface area contributed by atoms with Crippen LogP contribution in [0, 0.1) is 5.92 Å². The molecule has 0 amide bonds. The lowest BCUT2D eigenvalue weighted by molar-refractivity contribution is 0.489. The Morgan fingerprint density at radius 2 is 2.18 bits per heavy atom. The van der Waals surface area contributed by atoms with E-state index in [1.165, 1.54) is 19.3 Å². The zero-order valence-electron chi connectivity index (χ0n) is 10.2. The van der Waals surface area contributed by atoms with Gasteiger partial charge in [-0.25, -0.2) is 0 Å². The fourth-order valence-electron chi connectivity index (χ4n) is 2.01. The molecule has 2 heterocycles. The quantitative estimate of drug-likeness (QED) is 0.720. The van der Waals surface area contributed by atoms with E-state index in [1.807, 2.05) is 18.5 Å². The smallest absolute Gasteiger partial charge is 0.0827 e. The lowest BCUT2D eigenvalue weighted by atomic mass is 9.98. The van der Waals surface area contributed by atoms with Gasteiger partial charge in [0.25, 0.3) is 0 Å². The molecular weight excluding hydrogens is 214 g/mol. The van der Waals surface area contributed by atoms with E-state index in [-0.39, 0.29) is 0 Å². The van der Waals surface area contributed by atoms with Gasteiger partial charge >= 0.3 is 0 Å². The number of H-pyrrole nitrogens is 2. The zero-order chi connectivity index (χ0) is 11.9. The standard InChI is InChI=1S/C12H19N5/c1-10(8-12-9-14-17-16-12)4-2-3-5-11-6-7-13-15-11/h6-7,9-10H,2-5,8H2,1H3,(H,13,15)(H,14,16,17). The molecule has 17 heavy (non-hydrogen) atoms. The lowest BCUT2D eigenvalue weighted by Crippen LogP contribution is -2.00. The van der Waals surface area contributed by atoms with Crippen LogP contribution >= 0.6 is 0 Å². The van der Waals surface area contributed by atoms with E-state index in [1.54, 1.807) is 0 Å². The van der Waals surface area contributed by atoms with Gasteiger partial charge in [0.15, 0.2) is 0 Å². The van der Waals surface area contributed by atoms with E-state index in [4.69, 9.17) is 0 Å². The number of aryl methyl sites for hydroxylation is 1. The number of hydrogen-bond acceptors (Lipinski definition) is 3. The van der Waals surface area contributed by atoms with E-state index >= 15 is 0 Å². The molecule has 2 N–H and O–H groups in total. The second-order valence-electron chi connectivity index (χ2n) is 4.59. The van der Waals surface area contributed by atoms with Crippen molar-refractivity contribution < 1.29 is 0 Å². The average Bonchev–Trinajstić information content (AvgIpc) is 2.96. The minimum atomic E-state index is 0.666. The highest BCUT2D eigenvalue weighted by Crippen LogP contribution is 2.13. The first-order valence-corrected chi connectivity index (χ1v) is 6.18. The Kier molecular flexibility index (Phi) is 4.30. The Morgan fingerprint density at radius 3 is 2.88 bits per heavy atom. The molecule has 2 aromatic heterocycles. The van der Waals surface area contributed by atoms with Crippen LogP contribution in [0.5, 0.6) is 0 Å². The average molecular weight is 233 g/mol. The van der Waals surface area contributed by atoms with Gasteiger partial charge < -0.3 is 0 Å². The Balaban J connectivity index is 1.58. The summed E-state index contributed by atoms with van der Waals surface area (Å²) in [5.41, 5.74) is 2.22. The first-order chi connectivity index (χ1) is 8.34. The molecule has 1 atom stereocenters. The molecule has 0 aromatic carbocycles. The van der Waals surface area contributed by atoms with Gasteiger partial charge in [-0.15, -0.1) is 5.10 Å². The highest BCUT2D eigenvalue weighted by molar-refractivity contribution is 4.97.